The minimum atomic E-state index is -0.0645. The molecule has 0 saturated heterocycles. The van der Waals surface area contributed by atoms with Gasteiger partial charge in [-0.05, 0) is 38.5 Å². The first-order chi connectivity index (χ1) is 10.1. The fraction of sp³-hybridized carbons (Fsp3) is 0.235. The molecular weight excluding hydrogens is 260 g/mol. The number of aromatic nitrogens is 3. The Kier molecular flexibility index (Phi) is 3.39. The highest BCUT2D eigenvalue weighted by Crippen LogP contribution is 2.23. The van der Waals surface area contributed by atoms with E-state index >= 15 is 0 Å². The van der Waals surface area contributed by atoms with Crippen LogP contribution >= 0.6 is 0 Å². The van der Waals surface area contributed by atoms with Gasteiger partial charge in [-0.2, -0.15) is 0 Å². The quantitative estimate of drug-likeness (QED) is 0.781. The van der Waals surface area contributed by atoms with Crippen molar-refractivity contribution in [2.75, 3.05) is 0 Å². The van der Waals surface area contributed by atoms with E-state index in [1.165, 1.54) is 5.56 Å². The second-order valence-electron chi connectivity index (χ2n) is 5.36. The van der Waals surface area contributed by atoms with Gasteiger partial charge in [0.15, 0.2) is 5.82 Å². The summed E-state index contributed by atoms with van der Waals surface area (Å²) < 4.78 is 0. The van der Waals surface area contributed by atoms with E-state index in [1.54, 1.807) is 6.20 Å². The second-order valence-corrected chi connectivity index (χ2v) is 5.36. The molecule has 2 aromatic heterocycles. The van der Waals surface area contributed by atoms with Gasteiger partial charge >= 0.3 is 0 Å². The zero-order chi connectivity index (χ0) is 15.0. The molecule has 1 atom stereocenters. The molecule has 2 N–H and O–H groups in total. The van der Waals surface area contributed by atoms with Crippen LogP contribution in [-0.2, 0) is 0 Å². The summed E-state index contributed by atoms with van der Waals surface area (Å²) in [6.07, 6.45) is 1.80. The molecule has 4 heteroatoms. The minimum Gasteiger partial charge on any atom is -0.324 e. The van der Waals surface area contributed by atoms with Crippen LogP contribution in [0.5, 0.6) is 0 Å². The summed E-state index contributed by atoms with van der Waals surface area (Å²) in [6, 6.07) is 10.1. The van der Waals surface area contributed by atoms with E-state index in [0.29, 0.717) is 5.82 Å². The lowest BCUT2D eigenvalue weighted by Gasteiger charge is -2.10. The third-order valence-electron chi connectivity index (χ3n) is 3.66. The first-order valence-corrected chi connectivity index (χ1v) is 7.02. The molecule has 0 radical (unpaired) electrons. The van der Waals surface area contributed by atoms with Crippen molar-refractivity contribution in [3.63, 3.8) is 0 Å². The molecule has 0 aliphatic carbocycles. The number of para-hydroxylation sites is 1. The fourth-order valence-electron chi connectivity index (χ4n) is 2.51. The molecule has 1 aromatic carbocycles. The summed E-state index contributed by atoms with van der Waals surface area (Å²) in [5, 5.41) is 1.16. The normalized spacial score (nSPS) is 12.6. The summed E-state index contributed by atoms with van der Waals surface area (Å²) in [7, 11) is 0. The highest BCUT2D eigenvalue weighted by Gasteiger charge is 2.11. The van der Waals surface area contributed by atoms with Crippen LogP contribution in [0.1, 0.15) is 29.8 Å². The molecule has 0 spiro atoms. The average Bonchev–Trinajstić information content (AvgIpc) is 2.46. The lowest BCUT2D eigenvalue weighted by atomic mass is 10.1. The predicted molar refractivity (Wildman–Crippen MR) is 84.8 cm³/mol. The summed E-state index contributed by atoms with van der Waals surface area (Å²) in [4.78, 5) is 13.6. The summed E-state index contributed by atoms with van der Waals surface area (Å²) in [5.74, 6) is 0.644. The van der Waals surface area contributed by atoms with Crippen LogP contribution in [0.2, 0.25) is 0 Å². The molecule has 0 saturated carbocycles. The molecule has 0 bridgehead atoms. The van der Waals surface area contributed by atoms with Crippen molar-refractivity contribution in [1.82, 2.24) is 15.0 Å². The van der Waals surface area contributed by atoms with Crippen molar-refractivity contribution in [3.05, 3.63) is 53.3 Å². The Labute approximate surface area is 124 Å². The van der Waals surface area contributed by atoms with Crippen molar-refractivity contribution in [1.29, 1.82) is 0 Å². The lowest BCUT2D eigenvalue weighted by molar-refractivity contribution is 0.790. The summed E-state index contributed by atoms with van der Waals surface area (Å²) in [6.45, 7) is 5.97. The van der Waals surface area contributed by atoms with Gasteiger partial charge in [0.2, 0.25) is 0 Å². The number of rotatable bonds is 2. The fourth-order valence-corrected chi connectivity index (χ4v) is 2.51. The molecule has 21 heavy (non-hydrogen) atoms. The Hall–Kier alpha value is -2.33. The molecule has 0 unspecified atom stereocenters. The van der Waals surface area contributed by atoms with Gasteiger partial charge in [-0.1, -0.05) is 18.2 Å². The van der Waals surface area contributed by atoms with Gasteiger partial charge in [-0.25, -0.2) is 15.0 Å². The molecule has 3 aromatic rings. The highest BCUT2D eigenvalue weighted by atomic mass is 14.9. The van der Waals surface area contributed by atoms with E-state index < -0.39 is 0 Å². The number of aryl methyl sites for hydroxylation is 2. The Balaban J connectivity index is 2.14. The summed E-state index contributed by atoms with van der Waals surface area (Å²) >= 11 is 0. The minimum absolute atomic E-state index is 0.0645. The van der Waals surface area contributed by atoms with E-state index in [1.807, 2.05) is 38.1 Å². The van der Waals surface area contributed by atoms with Crippen molar-refractivity contribution in [3.8, 4) is 11.5 Å². The number of fused-ring (bicyclic) bond motifs is 1. The average molecular weight is 278 g/mol. The van der Waals surface area contributed by atoms with Crippen molar-refractivity contribution < 1.29 is 0 Å². The SMILES string of the molecule is Cc1nc(-c2cc(C)c3ccccc3n2)ncc1[C@H](C)N. The Morgan fingerprint density at radius 1 is 1.10 bits per heavy atom. The number of benzene rings is 1. The zero-order valence-electron chi connectivity index (χ0n) is 12.5. The van der Waals surface area contributed by atoms with Crippen LogP contribution in [0.25, 0.3) is 22.4 Å². The standard InChI is InChI=1S/C17H18N4/c1-10-8-16(21-15-7-5-4-6-13(10)15)17-19-9-14(11(2)18)12(3)20-17/h4-9,11H,18H2,1-3H3/t11-/m0/s1. The Morgan fingerprint density at radius 3 is 2.57 bits per heavy atom. The monoisotopic (exact) mass is 278 g/mol. The van der Waals surface area contributed by atoms with E-state index in [9.17, 15) is 0 Å². The molecule has 0 amide bonds. The second kappa shape index (κ2) is 5.22. The number of nitrogens with zero attached hydrogens (tertiary/aromatic N) is 3. The molecule has 2 heterocycles. The third kappa shape index (κ3) is 2.50. The first-order valence-electron chi connectivity index (χ1n) is 7.02. The van der Waals surface area contributed by atoms with Crippen molar-refractivity contribution in [2.24, 2.45) is 5.73 Å². The van der Waals surface area contributed by atoms with E-state index in [0.717, 1.165) is 27.9 Å². The number of hydrogen-bond acceptors (Lipinski definition) is 4. The molecule has 106 valence electrons. The van der Waals surface area contributed by atoms with Crippen LogP contribution in [0.4, 0.5) is 0 Å². The van der Waals surface area contributed by atoms with Gasteiger partial charge in [-0.15, -0.1) is 0 Å². The van der Waals surface area contributed by atoms with E-state index in [-0.39, 0.29) is 6.04 Å². The molecular formula is C17H18N4. The molecule has 4 nitrogen and oxygen atoms in total. The maximum Gasteiger partial charge on any atom is 0.178 e. The van der Waals surface area contributed by atoms with E-state index in [2.05, 4.69) is 27.9 Å². The van der Waals surface area contributed by atoms with Gasteiger partial charge in [-0.3, -0.25) is 0 Å². The topological polar surface area (TPSA) is 64.7 Å². The van der Waals surface area contributed by atoms with Gasteiger partial charge in [0.05, 0.1) is 5.52 Å². The third-order valence-corrected chi connectivity index (χ3v) is 3.66. The molecule has 0 aliphatic heterocycles. The summed E-state index contributed by atoms with van der Waals surface area (Å²) in [5.41, 5.74) is 10.7. The number of hydrogen-bond donors (Lipinski definition) is 1. The predicted octanol–water partition coefficient (Wildman–Crippen LogP) is 3.33. The van der Waals surface area contributed by atoms with Gasteiger partial charge in [0.1, 0.15) is 5.69 Å². The Morgan fingerprint density at radius 2 is 1.86 bits per heavy atom. The van der Waals surface area contributed by atoms with Crippen LogP contribution in [0.3, 0.4) is 0 Å². The van der Waals surface area contributed by atoms with Crippen LogP contribution in [0, 0.1) is 13.8 Å². The maximum atomic E-state index is 5.91. The lowest BCUT2D eigenvalue weighted by Crippen LogP contribution is -2.09. The van der Waals surface area contributed by atoms with Gasteiger partial charge < -0.3 is 5.73 Å². The Bertz CT molecular complexity index is 809. The molecule has 0 aliphatic rings. The van der Waals surface area contributed by atoms with E-state index in [4.69, 9.17) is 5.73 Å². The maximum absolute atomic E-state index is 5.91. The largest absolute Gasteiger partial charge is 0.324 e. The zero-order valence-corrected chi connectivity index (χ0v) is 12.5. The molecule has 0 fully saturated rings. The van der Waals surface area contributed by atoms with Crippen molar-refractivity contribution in [2.45, 2.75) is 26.8 Å². The number of nitrogens with two attached hydrogens (primary N) is 1. The van der Waals surface area contributed by atoms with Gasteiger partial charge in [0, 0.05) is 28.9 Å². The molecule has 3 rings (SSSR count). The smallest absolute Gasteiger partial charge is 0.178 e. The first kappa shape index (κ1) is 13.6. The highest BCUT2D eigenvalue weighted by molar-refractivity contribution is 5.84. The van der Waals surface area contributed by atoms with Crippen LogP contribution < -0.4 is 5.73 Å². The van der Waals surface area contributed by atoms with Gasteiger partial charge in [0.25, 0.3) is 0 Å². The number of pyridine rings is 1. The van der Waals surface area contributed by atoms with Crippen LogP contribution in [0.15, 0.2) is 36.5 Å². The van der Waals surface area contributed by atoms with Crippen LogP contribution in [-0.4, -0.2) is 15.0 Å². The van der Waals surface area contributed by atoms with Crippen molar-refractivity contribution >= 4 is 10.9 Å².